The molecule has 0 aromatic carbocycles. The first-order chi connectivity index (χ1) is 9.62. The summed E-state index contributed by atoms with van der Waals surface area (Å²) in [5.74, 6) is 0. The molecule has 0 bridgehead atoms. The molecule has 4 heteroatoms. The van der Waals surface area contributed by atoms with Gasteiger partial charge in [-0.25, -0.2) is 4.79 Å². The maximum absolute atomic E-state index is 12.1. The first-order valence-corrected chi connectivity index (χ1v) is 8.34. The van der Waals surface area contributed by atoms with Crippen molar-refractivity contribution in [2.75, 3.05) is 20.6 Å². The normalized spacial score (nSPS) is 23.6. The van der Waals surface area contributed by atoms with E-state index < -0.39 is 0 Å². The second-order valence-electron chi connectivity index (χ2n) is 6.84. The molecule has 20 heavy (non-hydrogen) atoms. The van der Waals surface area contributed by atoms with Crippen molar-refractivity contribution < 1.29 is 4.79 Å². The molecule has 2 aliphatic rings. The highest BCUT2D eigenvalue weighted by Crippen LogP contribution is 2.31. The summed E-state index contributed by atoms with van der Waals surface area (Å²) in [5.41, 5.74) is 0.169. The summed E-state index contributed by atoms with van der Waals surface area (Å²) in [7, 11) is 4.29. The van der Waals surface area contributed by atoms with E-state index in [-0.39, 0.29) is 11.6 Å². The zero-order chi connectivity index (χ0) is 14.4. The molecule has 2 rings (SSSR count). The number of carbonyl (C=O) groups is 1. The standard InChI is InChI=1S/C16H31N3O/c1-19(2)16(11-7-4-8-12-16)13-17-15(20)18-14-9-5-3-6-10-14/h14H,3-13H2,1-2H3,(H2,17,18,20). The van der Waals surface area contributed by atoms with Crippen LogP contribution in [0.3, 0.4) is 0 Å². The lowest BCUT2D eigenvalue weighted by molar-refractivity contribution is 0.100. The van der Waals surface area contributed by atoms with Crippen molar-refractivity contribution in [2.45, 2.75) is 75.8 Å². The number of hydrogen-bond donors (Lipinski definition) is 2. The van der Waals surface area contributed by atoms with E-state index >= 15 is 0 Å². The minimum Gasteiger partial charge on any atom is -0.336 e. The van der Waals surface area contributed by atoms with E-state index in [0.717, 1.165) is 19.4 Å². The van der Waals surface area contributed by atoms with Crippen LogP contribution >= 0.6 is 0 Å². The molecule has 0 atom stereocenters. The first-order valence-electron chi connectivity index (χ1n) is 8.34. The highest BCUT2D eigenvalue weighted by atomic mass is 16.2. The molecule has 0 radical (unpaired) electrons. The number of urea groups is 1. The van der Waals surface area contributed by atoms with Gasteiger partial charge in [-0.1, -0.05) is 38.5 Å². The fourth-order valence-electron chi connectivity index (χ4n) is 3.72. The Bertz CT molecular complexity index is 305. The second kappa shape index (κ2) is 7.30. The molecule has 0 aliphatic heterocycles. The van der Waals surface area contributed by atoms with Crippen molar-refractivity contribution in [3.8, 4) is 0 Å². The molecular formula is C16H31N3O. The summed E-state index contributed by atoms with van der Waals surface area (Å²) < 4.78 is 0. The molecule has 0 aromatic rings. The quantitative estimate of drug-likeness (QED) is 0.832. The van der Waals surface area contributed by atoms with Crippen LogP contribution in [0.15, 0.2) is 0 Å². The fraction of sp³-hybridized carbons (Fsp3) is 0.938. The Morgan fingerprint density at radius 2 is 1.65 bits per heavy atom. The molecule has 2 fully saturated rings. The summed E-state index contributed by atoms with van der Waals surface area (Å²) >= 11 is 0. The van der Waals surface area contributed by atoms with Crippen molar-refractivity contribution >= 4 is 6.03 Å². The van der Waals surface area contributed by atoms with Crippen LogP contribution in [0.25, 0.3) is 0 Å². The van der Waals surface area contributed by atoms with Crippen LogP contribution in [0, 0.1) is 0 Å². The van der Waals surface area contributed by atoms with Crippen LogP contribution in [-0.2, 0) is 0 Å². The van der Waals surface area contributed by atoms with Gasteiger partial charge in [0.2, 0.25) is 0 Å². The molecule has 2 amide bonds. The molecule has 116 valence electrons. The highest BCUT2D eigenvalue weighted by molar-refractivity contribution is 5.74. The number of likely N-dealkylation sites (N-methyl/N-ethyl adjacent to an activating group) is 1. The number of rotatable bonds is 4. The van der Waals surface area contributed by atoms with Gasteiger partial charge in [0.1, 0.15) is 0 Å². The first kappa shape index (κ1) is 15.6. The van der Waals surface area contributed by atoms with Gasteiger partial charge in [-0.2, -0.15) is 0 Å². The van der Waals surface area contributed by atoms with Gasteiger partial charge in [-0.05, 0) is 39.8 Å². The van der Waals surface area contributed by atoms with E-state index in [9.17, 15) is 4.79 Å². The van der Waals surface area contributed by atoms with Crippen molar-refractivity contribution in [3.05, 3.63) is 0 Å². The van der Waals surface area contributed by atoms with E-state index in [2.05, 4.69) is 29.6 Å². The van der Waals surface area contributed by atoms with Crippen molar-refractivity contribution in [3.63, 3.8) is 0 Å². The van der Waals surface area contributed by atoms with Gasteiger partial charge in [0.15, 0.2) is 0 Å². The molecule has 2 aliphatic carbocycles. The van der Waals surface area contributed by atoms with Crippen molar-refractivity contribution in [1.29, 1.82) is 0 Å². The Balaban J connectivity index is 1.78. The third-order valence-electron chi connectivity index (χ3n) is 5.25. The Hall–Kier alpha value is -0.770. The molecule has 0 heterocycles. The number of nitrogens with one attached hydrogen (secondary N) is 2. The van der Waals surface area contributed by atoms with Crippen LogP contribution < -0.4 is 10.6 Å². The average Bonchev–Trinajstić information content (AvgIpc) is 2.47. The molecule has 0 saturated heterocycles. The summed E-state index contributed by atoms with van der Waals surface area (Å²) in [5, 5.41) is 6.28. The van der Waals surface area contributed by atoms with Crippen LogP contribution in [0.5, 0.6) is 0 Å². The van der Waals surface area contributed by atoms with Gasteiger partial charge in [-0.3, -0.25) is 0 Å². The Kier molecular flexibility index (Phi) is 5.70. The van der Waals surface area contributed by atoms with Gasteiger partial charge in [0.05, 0.1) is 0 Å². The van der Waals surface area contributed by atoms with Gasteiger partial charge >= 0.3 is 6.03 Å². The third kappa shape index (κ3) is 4.11. The Labute approximate surface area is 123 Å². The lowest BCUT2D eigenvalue weighted by Gasteiger charge is -2.43. The summed E-state index contributed by atoms with van der Waals surface area (Å²) in [4.78, 5) is 14.4. The molecule has 0 unspecified atom stereocenters. The maximum Gasteiger partial charge on any atom is 0.315 e. The summed E-state index contributed by atoms with van der Waals surface area (Å²) in [6.45, 7) is 0.776. The fourth-order valence-corrected chi connectivity index (χ4v) is 3.72. The van der Waals surface area contributed by atoms with Gasteiger partial charge in [0, 0.05) is 18.1 Å². The van der Waals surface area contributed by atoms with Crippen LogP contribution in [0.4, 0.5) is 4.79 Å². The minimum atomic E-state index is 0.0312. The molecule has 2 saturated carbocycles. The Morgan fingerprint density at radius 1 is 1.05 bits per heavy atom. The Morgan fingerprint density at radius 3 is 2.25 bits per heavy atom. The lowest BCUT2D eigenvalue weighted by atomic mass is 9.80. The highest BCUT2D eigenvalue weighted by Gasteiger charge is 2.34. The number of nitrogens with zero attached hydrogens (tertiary/aromatic N) is 1. The lowest BCUT2D eigenvalue weighted by Crippen LogP contribution is -2.55. The molecule has 0 spiro atoms. The predicted molar refractivity (Wildman–Crippen MR) is 82.9 cm³/mol. The van der Waals surface area contributed by atoms with Crippen molar-refractivity contribution in [2.24, 2.45) is 0 Å². The minimum absolute atomic E-state index is 0.0312. The topological polar surface area (TPSA) is 44.4 Å². The molecular weight excluding hydrogens is 250 g/mol. The summed E-state index contributed by atoms with van der Waals surface area (Å²) in [6, 6.07) is 0.425. The largest absolute Gasteiger partial charge is 0.336 e. The van der Waals surface area contributed by atoms with E-state index in [1.54, 1.807) is 0 Å². The van der Waals surface area contributed by atoms with Gasteiger partial charge in [0.25, 0.3) is 0 Å². The predicted octanol–water partition coefficient (Wildman–Crippen LogP) is 2.88. The molecule has 2 N–H and O–H groups in total. The van der Waals surface area contributed by atoms with E-state index in [1.807, 2.05) is 0 Å². The van der Waals surface area contributed by atoms with Gasteiger partial charge in [-0.15, -0.1) is 0 Å². The zero-order valence-electron chi connectivity index (χ0n) is 13.2. The molecule has 4 nitrogen and oxygen atoms in total. The van der Waals surface area contributed by atoms with E-state index in [4.69, 9.17) is 0 Å². The average molecular weight is 281 g/mol. The maximum atomic E-state index is 12.1. The second-order valence-corrected chi connectivity index (χ2v) is 6.84. The number of amides is 2. The third-order valence-corrected chi connectivity index (χ3v) is 5.25. The molecule has 0 aromatic heterocycles. The van der Waals surface area contributed by atoms with Crippen LogP contribution in [0.2, 0.25) is 0 Å². The van der Waals surface area contributed by atoms with Crippen LogP contribution in [0.1, 0.15) is 64.2 Å². The van der Waals surface area contributed by atoms with Gasteiger partial charge < -0.3 is 15.5 Å². The SMILES string of the molecule is CN(C)C1(CNC(=O)NC2CCCCC2)CCCCC1. The number of carbonyl (C=O) groups excluding carboxylic acids is 1. The number of hydrogen-bond acceptors (Lipinski definition) is 2. The smallest absolute Gasteiger partial charge is 0.315 e. The monoisotopic (exact) mass is 281 g/mol. The van der Waals surface area contributed by atoms with E-state index in [0.29, 0.717) is 6.04 Å². The zero-order valence-corrected chi connectivity index (χ0v) is 13.2. The summed E-state index contributed by atoms with van der Waals surface area (Å²) in [6.07, 6.45) is 12.4. The van der Waals surface area contributed by atoms with Crippen LogP contribution in [-0.4, -0.2) is 43.2 Å². The van der Waals surface area contributed by atoms with Crippen molar-refractivity contribution in [1.82, 2.24) is 15.5 Å². The van der Waals surface area contributed by atoms with E-state index in [1.165, 1.54) is 51.4 Å².